The van der Waals surface area contributed by atoms with Gasteiger partial charge in [-0.05, 0) is 31.6 Å². The van der Waals surface area contributed by atoms with Crippen LogP contribution in [0.5, 0.6) is 0 Å². The van der Waals surface area contributed by atoms with Gasteiger partial charge in [0.05, 0.1) is 6.10 Å². The highest BCUT2D eigenvalue weighted by Crippen LogP contribution is 2.55. The Morgan fingerprint density at radius 2 is 1.59 bits per heavy atom. The molecule has 1 N–H and O–H groups in total. The molecule has 2 aliphatic carbocycles. The molecule has 0 spiro atoms. The van der Waals surface area contributed by atoms with Crippen LogP contribution in [0.15, 0.2) is 0 Å². The van der Waals surface area contributed by atoms with Crippen molar-refractivity contribution < 1.29 is 9.84 Å². The molecule has 0 bridgehead atoms. The van der Waals surface area contributed by atoms with Crippen molar-refractivity contribution in [2.24, 2.45) is 17.8 Å². The Morgan fingerprint density at radius 1 is 0.963 bits per heavy atom. The molecular weight excluding hydrogens is 338 g/mol. The fourth-order valence-electron chi connectivity index (χ4n) is 5.78. The van der Waals surface area contributed by atoms with Crippen LogP contribution in [0.4, 0.5) is 0 Å². The monoisotopic (exact) mass is 369 g/mol. The minimum atomic E-state index is -0.770. The summed E-state index contributed by atoms with van der Waals surface area (Å²) in [5, 5.41) is 11.2. The average molecular weight is 370 g/mol. The van der Waals surface area contributed by atoms with Gasteiger partial charge in [0.25, 0.3) is 11.1 Å². The average Bonchev–Trinajstić information content (AvgIpc) is 3.16. The van der Waals surface area contributed by atoms with E-state index in [1.54, 1.807) is 0 Å². The molecule has 0 aromatic carbocycles. The van der Waals surface area contributed by atoms with Crippen LogP contribution in [0.2, 0.25) is 0 Å². The van der Waals surface area contributed by atoms with Crippen molar-refractivity contribution in [3.8, 4) is 0 Å². The molecule has 5 nitrogen and oxygen atoms in total. The highest BCUT2D eigenvalue weighted by molar-refractivity contribution is 5.17. The highest BCUT2D eigenvalue weighted by atomic mass is 16.5. The molecule has 0 unspecified atom stereocenters. The molecular formula is C22H31N3O2. The largest absolute Gasteiger partial charge is 0.384 e. The fraction of sp³-hybridized carbons (Fsp3) is 0.864. The van der Waals surface area contributed by atoms with Gasteiger partial charge >= 0.3 is 0 Å². The zero-order valence-electron chi connectivity index (χ0n) is 16.9. The van der Waals surface area contributed by atoms with E-state index >= 15 is 0 Å². The second kappa shape index (κ2) is 6.77. The Kier molecular flexibility index (Phi) is 5.05. The summed E-state index contributed by atoms with van der Waals surface area (Å²) in [6, 6.07) is 0. The second-order valence-electron chi connectivity index (χ2n) is 9.81. The summed E-state index contributed by atoms with van der Waals surface area (Å²) < 4.78 is 6.38. The lowest BCUT2D eigenvalue weighted by Gasteiger charge is -2.51. The lowest BCUT2D eigenvalue weighted by Crippen LogP contribution is -2.60. The van der Waals surface area contributed by atoms with E-state index in [9.17, 15) is 5.11 Å². The summed E-state index contributed by atoms with van der Waals surface area (Å²) in [5.74, 6) is 0.188. The van der Waals surface area contributed by atoms with Crippen molar-refractivity contribution in [2.75, 3.05) is 0 Å². The minimum absolute atomic E-state index is 0.0153. The van der Waals surface area contributed by atoms with Crippen LogP contribution < -0.4 is 0 Å². The van der Waals surface area contributed by atoms with E-state index in [4.69, 9.17) is 24.5 Å². The molecule has 2 saturated carbocycles. The Morgan fingerprint density at radius 3 is 2.19 bits per heavy atom. The van der Waals surface area contributed by atoms with Crippen molar-refractivity contribution in [1.82, 2.24) is 0 Å². The van der Waals surface area contributed by atoms with E-state index < -0.39 is 22.7 Å². The van der Waals surface area contributed by atoms with Gasteiger partial charge in [-0.3, -0.25) is 0 Å². The van der Waals surface area contributed by atoms with E-state index in [1.807, 2.05) is 27.7 Å². The van der Waals surface area contributed by atoms with Crippen molar-refractivity contribution in [2.45, 2.75) is 101 Å². The number of ether oxygens (including phenoxy) is 1. The van der Waals surface area contributed by atoms with Crippen LogP contribution in [0.3, 0.4) is 0 Å². The molecule has 0 amide bonds. The van der Waals surface area contributed by atoms with E-state index in [-0.39, 0.29) is 30.0 Å². The van der Waals surface area contributed by atoms with Crippen LogP contribution in [-0.4, -0.2) is 40.0 Å². The van der Waals surface area contributed by atoms with Crippen molar-refractivity contribution in [3.05, 3.63) is 34.3 Å². The summed E-state index contributed by atoms with van der Waals surface area (Å²) >= 11 is 0. The molecule has 146 valence electrons. The molecule has 1 heterocycles. The van der Waals surface area contributed by atoms with Crippen molar-refractivity contribution in [3.63, 3.8) is 0 Å². The molecule has 1 aliphatic heterocycles. The molecule has 3 rings (SSSR count). The van der Waals surface area contributed by atoms with Gasteiger partial charge < -0.3 is 24.4 Å². The Labute approximate surface area is 163 Å². The maximum atomic E-state index is 11.2. The standard InChI is InChI=1S/C22H31N3O2/c1-20(2,23-5)17-9-8-16(27-17)14-10-12-21(3,24-6)15-11-13-22(4,25-7)19(26)18(14)15/h14-19,26H,8-13H2,1-4H3/t14-,15+,16-,17+,18-,19+,21+,22+/m1/s1. The van der Waals surface area contributed by atoms with Crippen molar-refractivity contribution >= 4 is 0 Å². The SMILES string of the molecule is [C-]#[N+]C(C)(C)[C@@H]1CC[C@H]([C@H]2CC[C@](C)([N+]#[C-])[C@H]3CC[C@](C)([N+]#[C-])[C@@H](O)[C@H]23)O1. The van der Waals surface area contributed by atoms with Gasteiger partial charge in [-0.1, -0.05) is 0 Å². The summed E-state index contributed by atoms with van der Waals surface area (Å²) in [6.07, 6.45) is 4.10. The van der Waals surface area contributed by atoms with Crippen LogP contribution in [-0.2, 0) is 4.74 Å². The number of aliphatic hydroxyl groups excluding tert-OH is 1. The third-order valence-corrected chi connectivity index (χ3v) is 7.82. The van der Waals surface area contributed by atoms with Gasteiger partial charge in [0.1, 0.15) is 12.2 Å². The zero-order chi connectivity index (χ0) is 20.0. The van der Waals surface area contributed by atoms with Gasteiger partial charge in [0, 0.05) is 52.4 Å². The maximum Gasteiger partial charge on any atom is 0.255 e. The quantitative estimate of drug-likeness (QED) is 0.734. The minimum Gasteiger partial charge on any atom is -0.384 e. The fourth-order valence-corrected chi connectivity index (χ4v) is 5.78. The molecule has 0 aromatic rings. The van der Waals surface area contributed by atoms with E-state index in [2.05, 4.69) is 14.5 Å². The molecule has 3 fully saturated rings. The second-order valence-corrected chi connectivity index (χ2v) is 9.81. The molecule has 27 heavy (non-hydrogen) atoms. The van der Waals surface area contributed by atoms with Gasteiger partial charge in [0.15, 0.2) is 0 Å². The van der Waals surface area contributed by atoms with Gasteiger partial charge in [-0.25, -0.2) is 19.7 Å². The molecule has 3 aliphatic rings. The summed E-state index contributed by atoms with van der Waals surface area (Å²) in [4.78, 5) is 11.5. The highest BCUT2D eigenvalue weighted by Gasteiger charge is 2.63. The van der Waals surface area contributed by atoms with Crippen LogP contribution in [0.25, 0.3) is 14.5 Å². The van der Waals surface area contributed by atoms with Crippen LogP contribution in [0, 0.1) is 37.5 Å². The Bertz CT molecular complexity index is 715. The number of aliphatic hydroxyl groups is 1. The molecule has 8 atom stereocenters. The lowest BCUT2D eigenvalue weighted by atomic mass is 9.53. The normalized spacial score (nSPS) is 47.3. The molecule has 0 aromatic heterocycles. The van der Waals surface area contributed by atoms with E-state index in [0.717, 1.165) is 32.1 Å². The zero-order valence-corrected chi connectivity index (χ0v) is 16.9. The number of hydrogen-bond acceptors (Lipinski definition) is 2. The summed E-state index contributed by atoms with van der Waals surface area (Å²) in [7, 11) is 0. The van der Waals surface area contributed by atoms with Crippen LogP contribution >= 0.6 is 0 Å². The Hall–Kier alpha value is -1.61. The number of fused-ring (bicyclic) bond motifs is 1. The first kappa shape index (κ1) is 20.1. The third-order valence-electron chi connectivity index (χ3n) is 7.82. The first-order chi connectivity index (χ1) is 12.6. The molecule has 0 radical (unpaired) electrons. The predicted molar refractivity (Wildman–Crippen MR) is 104 cm³/mol. The predicted octanol–water partition coefficient (Wildman–Crippen LogP) is 4.38. The molecule has 5 heteroatoms. The first-order valence-electron chi connectivity index (χ1n) is 10.1. The molecule has 1 saturated heterocycles. The van der Waals surface area contributed by atoms with E-state index in [0.29, 0.717) is 6.42 Å². The van der Waals surface area contributed by atoms with Gasteiger partial charge in [0.2, 0.25) is 5.54 Å². The lowest BCUT2D eigenvalue weighted by molar-refractivity contribution is -0.118. The number of nitrogens with zero attached hydrogens (tertiary/aromatic N) is 3. The van der Waals surface area contributed by atoms with Crippen LogP contribution in [0.1, 0.15) is 66.2 Å². The summed E-state index contributed by atoms with van der Waals surface area (Å²) in [6.45, 7) is 30.6. The maximum absolute atomic E-state index is 11.2. The topological polar surface area (TPSA) is 42.5 Å². The smallest absolute Gasteiger partial charge is 0.255 e. The first-order valence-corrected chi connectivity index (χ1v) is 10.1. The van der Waals surface area contributed by atoms with Gasteiger partial charge in [-0.2, -0.15) is 0 Å². The van der Waals surface area contributed by atoms with E-state index in [1.165, 1.54) is 0 Å². The number of rotatable bonds is 2. The van der Waals surface area contributed by atoms with Gasteiger partial charge in [-0.15, -0.1) is 0 Å². The third kappa shape index (κ3) is 3.14. The summed E-state index contributed by atoms with van der Waals surface area (Å²) in [5.41, 5.74) is -1.77. The Balaban J connectivity index is 1.89. The number of hydrogen-bond donors (Lipinski definition) is 1. The van der Waals surface area contributed by atoms with Crippen molar-refractivity contribution in [1.29, 1.82) is 0 Å².